The van der Waals surface area contributed by atoms with Crippen LogP contribution in [0.25, 0.3) is 21.5 Å². The van der Waals surface area contributed by atoms with Crippen LogP contribution in [-0.2, 0) is 12.3 Å². The monoisotopic (exact) mass is 374 g/mol. The van der Waals surface area contributed by atoms with E-state index in [1.807, 2.05) is 23.6 Å². The van der Waals surface area contributed by atoms with E-state index in [9.17, 15) is 0 Å². The van der Waals surface area contributed by atoms with Crippen molar-refractivity contribution in [2.75, 3.05) is 0 Å². The van der Waals surface area contributed by atoms with E-state index >= 15 is 0 Å². The molecule has 0 spiro atoms. The highest BCUT2D eigenvalue weighted by Gasteiger charge is 2.15. The molecular weight excluding hydrogens is 360 g/mol. The van der Waals surface area contributed by atoms with Crippen LogP contribution < -0.4 is 0 Å². The zero-order valence-electron chi connectivity index (χ0n) is 12.9. The number of aromatic nitrogens is 4. The Kier molecular flexibility index (Phi) is 4.50. The smallest absolute Gasteiger partial charge is 0.236 e. The van der Waals surface area contributed by atoms with Crippen LogP contribution in [0.1, 0.15) is 12.6 Å². The van der Waals surface area contributed by atoms with Gasteiger partial charge in [-0.05, 0) is 29.8 Å². The summed E-state index contributed by atoms with van der Waals surface area (Å²) >= 11 is 4.93. The Morgan fingerprint density at radius 3 is 2.62 bits per heavy atom. The van der Waals surface area contributed by atoms with Crippen molar-refractivity contribution >= 4 is 34.4 Å². The summed E-state index contributed by atoms with van der Waals surface area (Å²) in [7, 11) is 0. The molecule has 4 rings (SSSR count). The van der Waals surface area contributed by atoms with E-state index < -0.39 is 0 Å². The molecule has 0 bridgehead atoms. The third kappa shape index (κ3) is 3.04. The van der Waals surface area contributed by atoms with Gasteiger partial charge in [0, 0.05) is 12.3 Å². The van der Waals surface area contributed by atoms with Crippen LogP contribution in [0.15, 0.2) is 50.9 Å². The van der Waals surface area contributed by atoms with E-state index in [0.717, 1.165) is 33.0 Å². The highest BCUT2D eigenvalue weighted by molar-refractivity contribution is 7.98. The average Bonchev–Trinajstić information content (AvgIpc) is 3.40. The van der Waals surface area contributed by atoms with E-state index in [1.54, 1.807) is 40.7 Å². The summed E-state index contributed by atoms with van der Waals surface area (Å²) in [5.41, 5.74) is 0.909. The number of nitrogens with zero attached hydrogens (tertiary/aromatic N) is 4. The zero-order chi connectivity index (χ0) is 16.4. The van der Waals surface area contributed by atoms with Gasteiger partial charge in [-0.3, -0.25) is 0 Å². The first kappa shape index (κ1) is 15.6. The molecule has 0 unspecified atom stereocenters. The minimum Gasteiger partial charge on any atom is -0.444 e. The first-order chi connectivity index (χ1) is 11.8. The molecule has 0 atom stereocenters. The Hall–Kier alpha value is -1.90. The van der Waals surface area contributed by atoms with Gasteiger partial charge in [0.15, 0.2) is 11.0 Å². The predicted molar refractivity (Wildman–Crippen MR) is 98.4 cm³/mol. The molecule has 0 radical (unpaired) electrons. The lowest BCUT2D eigenvalue weighted by atomic mass is 10.4. The molecule has 122 valence electrons. The molecule has 0 aliphatic heterocycles. The minimum atomic E-state index is 0.678. The molecule has 0 saturated carbocycles. The predicted octanol–water partition coefficient (Wildman–Crippen LogP) is 5.04. The van der Waals surface area contributed by atoms with Gasteiger partial charge in [0.05, 0.1) is 15.4 Å². The Morgan fingerprint density at radius 1 is 1.12 bits per heavy atom. The van der Waals surface area contributed by atoms with Crippen molar-refractivity contribution in [3.63, 3.8) is 0 Å². The molecule has 4 aromatic rings. The van der Waals surface area contributed by atoms with E-state index in [-0.39, 0.29) is 0 Å². The first-order valence-corrected chi connectivity index (χ1v) is 10.2. The number of thioether (sulfide) groups is 1. The van der Waals surface area contributed by atoms with Gasteiger partial charge in [-0.1, -0.05) is 23.9 Å². The van der Waals surface area contributed by atoms with Gasteiger partial charge in [-0.2, -0.15) is 0 Å². The molecule has 4 aromatic heterocycles. The van der Waals surface area contributed by atoms with Gasteiger partial charge in [-0.15, -0.1) is 32.9 Å². The summed E-state index contributed by atoms with van der Waals surface area (Å²) in [6, 6.07) is 8.10. The number of rotatable bonds is 6. The van der Waals surface area contributed by atoms with Crippen molar-refractivity contribution < 1.29 is 4.42 Å². The summed E-state index contributed by atoms with van der Waals surface area (Å²) in [6.07, 6.45) is 1.72. The van der Waals surface area contributed by atoms with E-state index in [1.165, 1.54) is 0 Å². The molecule has 0 saturated heterocycles. The quantitative estimate of drug-likeness (QED) is 0.443. The summed E-state index contributed by atoms with van der Waals surface area (Å²) in [6.45, 7) is 2.94. The summed E-state index contributed by atoms with van der Waals surface area (Å²) < 4.78 is 7.70. The maximum absolute atomic E-state index is 5.56. The lowest BCUT2D eigenvalue weighted by Gasteiger charge is -2.04. The third-order valence-corrected chi connectivity index (χ3v) is 6.13. The van der Waals surface area contributed by atoms with Crippen LogP contribution in [0.3, 0.4) is 0 Å². The van der Waals surface area contributed by atoms with Crippen molar-refractivity contribution in [3.05, 3.63) is 47.0 Å². The molecule has 0 N–H and O–H groups in total. The largest absolute Gasteiger partial charge is 0.444 e. The Balaban J connectivity index is 1.50. The van der Waals surface area contributed by atoms with Gasteiger partial charge in [-0.25, -0.2) is 4.98 Å². The van der Waals surface area contributed by atoms with Crippen molar-refractivity contribution in [1.82, 2.24) is 19.7 Å². The van der Waals surface area contributed by atoms with Crippen molar-refractivity contribution in [2.45, 2.75) is 24.4 Å². The lowest BCUT2D eigenvalue weighted by Crippen LogP contribution is -1.99. The van der Waals surface area contributed by atoms with Crippen LogP contribution in [0.5, 0.6) is 0 Å². The van der Waals surface area contributed by atoms with Crippen LogP contribution in [0.2, 0.25) is 0 Å². The zero-order valence-corrected chi connectivity index (χ0v) is 15.3. The second kappa shape index (κ2) is 6.92. The number of hydrogen-bond acceptors (Lipinski definition) is 7. The van der Waals surface area contributed by atoms with Crippen LogP contribution in [0.4, 0.5) is 0 Å². The first-order valence-electron chi connectivity index (χ1n) is 7.43. The topological polar surface area (TPSA) is 56.7 Å². The summed E-state index contributed by atoms with van der Waals surface area (Å²) in [5, 5.41) is 13.7. The number of hydrogen-bond donors (Lipinski definition) is 0. The lowest BCUT2D eigenvalue weighted by molar-refractivity contribution is 0.575. The number of oxazole rings is 1. The molecule has 0 fully saturated rings. The molecule has 24 heavy (non-hydrogen) atoms. The van der Waals surface area contributed by atoms with E-state index in [0.29, 0.717) is 11.6 Å². The van der Waals surface area contributed by atoms with Gasteiger partial charge in [0.1, 0.15) is 6.26 Å². The Morgan fingerprint density at radius 2 is 1.92 bits per heavy atom. The second-order valence-electron chi connectivity index (χ2n) is 4.94. The molecule has 0 amide bonds. The molecule has 5 nitrogen and oxygen atoms in total. The molecule has 0 aliphatic carbocycles. The molecule has 0 aliphatic rings. The van der Waals surface area contributed by atoms with Gasteiger partial charge in [0.2, 0.25) is 5.89 Å². The highest BCUT2D eigenvalue weighted by atomic mass is 32.2. The van der Waals surface area contributed by atoms with Crippen molar-refractivity contribution in [2.24, 2.45) is 0 Å². The van der Waals surface area contributed by atoms with Gasteiger partial charge >= 0.3 is 0 Å². The van der Waals surface area contributed by atoms with Crippen molar-refractivity contribution in [3.8, 4) is 21.5 Å². The normalized spacial score (nSPS) is 11.2. The van der Waals surface area contributed by atoms with Crippen LogP contribution in [0, 0.1) is 0 Å². The van der Waals surface area contributed by atoms with Crippen LogP contribution in [-0.4, -0.2) is 19.7 Å². The fourth-order valence-electron chi connectivity index (χ4n) is 2.29. The third-order valence-electron chi connectivity index (χ3n) is 3.41. The molecule has 8 heteroatoms. The SMILES string of the molecule is CCn1c(SCc2coc(-c3cccs3)n2)nnc1-c1cccs1. The van der Waals surface area contributed by atoms with Crippen molar-refractivity contribution in [1.29, 1.82) is 0 Å². The number of thiophene rings is 2. The summed E-state index contributed by atoms with van der Waals surface area (Å²) in [4.78, 5) is 6.73. The highest BCUT2D eigenvalue weighted by Crippen LogP contribution is 2.30. The van der Waals surface area contributed by atoms with Gasteiger partial charge in [0.25, 0.3) is 0 Å². The maximum atomic E-state index is 5.56. The fourth-order valence-corrected chi connectivity index (χ4v) is 4.55. The minimum absolute atomic E-state index is 0.678. The fraction of sp³-hybridized carbons (Fsp3) is 0.188. The molecular formula is C16H14N4OS3. The molecule has 4 heterocycles. The Bertz CT molecular complexity index is 909. The summed E-state index contributed by atoms with van der Waals surface area (Å²) in [5.74, 6) is 2.31. The molecule has 0 aromatic carbocycles. The second-order valence-corrected chi connectivity index (χ2v) is 7.78. The van der Waals surface area contributed by atoms with E-state index in [4.69, 9.17) is 4.42 Å². The van der Waals surface area contributed by atoms with Crippen LogP contribution >= 0.6 is 34.4 Å². The van der Waals surface area contributed by atoms with E-state index in [2.05, 4.69) is 38.1 Å². The van der Waals surface area contributed by atoms with Gasteiger partial charge < -0.3 is 8.98 Å². The average molecular weight is 375 g/mol. The maximum Gasteiger partial charge on any atom is 0.236 e. The standard InChI is InChI=1S/C16H14N4OS3/c1-2-20-14(12-5-3-7-22-12)18-19-16(20)24-10-11-9-21-15(17-11)13-6-4-8-23-13/h3-9H,2,10H2,1H3. The Labute approximate surface area is 151 Å².